The van der Waals surface area contributed by atoms with E-state index in [1.54, 1.807) is 0 Å². The predicted molar refractivity (Wildman–Crippen MR) is 78.5 cm³/mol. The molecule has 2 aromatic rings. The van der Waals surface area contributed by atoms with Crippen LogP contribution in [0.25, 0.3) is 0 Å². The Morgan fingerprint density at radius 1 is 1.30 bits per heavy atom. The molecule has 0 unspecified atom stereocenters. The van der Waals surface area contributed by atoms with E-state index in [0.29, 0.717) is 6.42 Å². The number of aryl methyl sites for hydroxylation is 1. The van der Waals surface area contributed by atoms with Crippen LogP contribution in [0.4, 0.5) is 0 Å². The Kier molecular flexibility index (Phi) is 4.47. The first kappa shape index (κ1) is 15.0. The summed E-state index contributed by atoms with van der Waals surface area (Å²) in [6.07, 6.45) is 0.400. The number of aromatic carboxylic acids is 1. The van der Waals surface area contributed by atoms with Gasteiger partial charge in [0, 0.05) is 0 Å². The van der Waals surface area contributed by atoms with E-state index in [4.69, 9.17) is 16.7 Å². The second-order valence-corrected chi connectivity index (χ2v) is 7.44. The SMILES string of the molecule is O=C(O)c1cc(S(=O)(=O)CCc2ccsc2)ccc1Cl. The summed E-state index contributed by atoms with van der Waals surface area (Å²) in [6, 6.07) is 5.60. The highest BCUT2D eigenvalue weighted by Crippen LogP contribution is 2.22. The van der Waals surface area contributed by atoms with E-state index in [1.165, 1.54) is 23.5 Å². The van der Waals surface area contributed by atoms with E-state index >= 15 is 0 Å². The maximum absolute atomic E-state index is 12.2. The average Bonchev–Trinajstić information content (AvgIpc) is 2.89. The Morgan fingerprint density at radius 3 is 2.65 bits per heavy atom. The minimum atomic E-state index is -3.53. The monoisotopic (exact) mass is 330 g/mol. The molecule has 0 saturated heterocycles. The van der Waals surface area contributed by atoms with Gasteiger partial charge in [0.15, 0.2) is 9.84 Å². The van der Waals surface area contributed by atoms with Gasteiger partial charge in [0.05, 0.1) is 21.2 Å². The summed E-state index contributed by atoms with van der Waals surface area (Å²) in [5, 5.41) is 12.8. The molecule has 106 valence electrons. The largest absolute Gasteiger partial charge is 0.478 e. The third kappa shape index (κ3) is 3.39. The molecule has 0 bridgehead atoms. The van der Waals surface area contributed by atoms with Crippen LogP contribution in [0.5, 0.6) is 0 Å². The Hall–Kier alpha value is -1.37. The van der Waals surface area contributed by atoms with Crippen molar-refractivity contribution in [1.82, 2.24) is 0 Å². The molecular formula is C13H11ClO4S2. The maximum Gasteiger partial charge on any atom is 0.337 e. The summed E-state index contributed by atoms with van der Waals surface area (Å²) in [5.41, 5.74) is 0.745. The molecule has 1 aromatic carbocycles. The van der Waals surface area contributed by atoms with Gasteiger partial charge in [0.1, 0.15) is 0 Å². The standard InChI is InChI=1S/C13H11ClO4S2/c14-12-2-1-10(7-11(12)13(15)16)20(17,18)6-4-9-3-5-19-8-9/h1-3,5,7-8H,4,6H2,(H,15,16). The zero-order chi connectivity index (χ0) is 14.8. The summed E-state index contributed by atoms with van der Waals surface area (Å²) in [5.74, 6) is -1.31. The molecule has 0 amide bonds. The number of carboxylic acids is 1. The van der Waals surface area contributed by atoms with Gasteiger partial charge < -0.3 is 5.11 Å². The van der Waals surface area contributed by atoms with Gasteiger partial charge in [-0.2, -0.15) is 11.3 Å². The zero-order valence-electron chi connectivity index (χ0n) is 10.2. The highest BCUT2D eigenvalue weighted by atomic mass is 35.5. The lowest BCUT2D eigenvalue weighted by Gasteiger charge is -2.06. The molecule has 7 heteroatoms. The minimum Gasteiger partial charge on any atom is -0.478 e. The molecular weight excluding hydrogens is 320 g/mol. The third-order valence-corrected chi connectivity index (χ3v) is 5.54. The van der Waals surface area contributed by atoms with Crippen LogP contribution in [0.15, 0.2) is 39.9 Å². The number of rotatable bonds is 5. The molecule has 0 atom stereocenters. The first-order valence-electron chi connectivity index (χ1n) is 5.67. The molecule has 0 fully saturated rings. The van der Waals surface area contributed by atoms with Crippen molar-refractivity contribution in [2.45, 2.75) is 11.3 Å². The van der Waals surface area contributed by atoms with Crippen LogP contribution in [0.2, 0.25) is 5.02 Å². The van der Waals surface area contributed by atoms with Crippen LogP contribution in [-0.2, 0) is 16.3 Å². The average molecular weight is 331 g/mol. The Bertz CT molecular complexity index is 721. The molecule has 1 heterocycles. The summed E-state index contributed by atoms with van der Waals surface area (Å²) in [7, 11) is -3.53. The molecule has 0 spiro atoms. The normalized spacial score (nSPS) is 11.4. The van der Waals surface area contributed by atoms with Crippen molar-refractivity contribution in [2.24, 2.45) is 0 Å². The van der Waals surface area contributed by atoms with Crippen LogP contribution in [-0.4, -0.2) is 25.2 Å². The van der Waals surface area contributed by atoms with Gasteiger partial charge >= 0.3 is 5.97 Å². The summed E-state index contributed by atoms with van der Waals surface area (Å²) >= 11 is 7.23. The lowest BCUT2D eigenvalue weighted by Crippen LogP contribution is -2.10. The number of thiophene rings is 1. The third-order valence-electron chi connectivity index (χ3n) is 2.77. The van der Waals surface area contributed by atoms with Gasteiger partial charge in [-0.3, -0.25) is 0 Å². The van der Waals surface area contributed by atoms with Crippen molar-refractivity contribution >= 4 is 38.7 Å². The first-order valence-corrected chi connectivity index (χ1v) is 8.64. The molecule has 1 N–H and O–H groups in total. The topological polar surface area (TPSA) is 71.4 Å². The molecule has 20 heavy (non-hydrogen) atoms. The lowest BCUT2D eigenvalue weighted by atomic mass is 10.2. The van der Waals surface area contributed by atoms with Gasteiger partial charge in [-0.05, 0) is 47.0 Å². The Balaban J connectivity index is 2.25. The smallest absolute Gasteiger partial charge is 0.337 e. The van der Waals surface area contributed by atoms with Gasteiger partial charge in [0.2, 0.25) is 0 Å². The molecule has 4 nitrogen and oxygen atoms in total. The number of hydrogen-bond acceptors (Lipinski definition) is 4. The molecule has 0 radical (unpaired) electrons. The fourth-order valence-electron chi connectivity index (χ4n) is 1.67. The maximum atomic E-state index is 12.2. The molecule has 0 aliphatic heterocycles. The molecule has 0 aliphatic rings. The number of carboxylic acid groups (broad SMARTS) is 1. The lowest BCUT2D eigenvalue weighted by molar-refractivity contribution is 0.0697. The van der Waals surface area contributed by atoms with Crippen LogP contribution in [0, 0.1) is 0 Å². The van der Waals surface area contributed by atoms with Gasteiger partial charge in [0.25, 0.3) is 0 Å². The van der Waals surface area contributed by atoms with Crippen LogP contribution in [0.1, 0.15) is 15.9 Å². The number of sulfone groups is 1. The second kappa shape index (κ2) is 5.95. The molecule has 2 rings (SSSR count). The van der Waals surface area contributed by atoms with E-state index in [1.807, 2.05) is 16.8 Å². The van der Waals surface area contributed by atoms with E-state index in [-0.39, 0.29) is 21.2 Å². The minimum absolute atomic E-state index is 0.0190. The van der Waals surface area contributed by atoms with Crippen LogP contribution >= 0.6 is 22.9 Å². The zero-order valence-corrected chi connectivity index (χ0v) is 12.6. The van der Waals surface area contributed by atoms with Crippen molar-refractivity contribution in [1.29, 1.82) is 0 Å². The van der Waals surface area contributed by atoms with Gasteiger partial charge in [-0.1, -0.05) is 11.6 Å². The van der Waals surface area contributed by atoms with E-state index in [0.717, 1.165) is 11.6 Å². The predicted octanol–water partition coefficient (Wildman–Crippen LogP) is 3.12. The van der Waals surface area contributed by atoms with E-state index < -0.39 is 15.8 Å². The van der Waals surface area contributed by atoms with Crippen LogP contribution in [0.3, 0.4) is 0 Å². The van der Waals surface area contributed by atoms with Crippen molar-refractivity contribution in [3.8, 4) is 0 Å². The van der Waals surface area contributed by atoms with Crippen molar-refractivity contribution in [3.05, 3.63) is 51.2 Å². The highest BCUT2D eigenvalue weighted by Gasteiger charge is 2.18. The van der Waals surface area contributed by atoms with Gasteiger partial charge in [-0.15, -0.1) is 0 Å². The van der Waals surface area contributed by atoms with Crippen molar-refractivity contribution < 1.29 is 18.3 Å². The van der Waals surface area contributed by atoms with Crippen molar-refractivity contribution in [2.75, 3.05) is 5.75 Å². The number of carbonyl (C=O) groups is 1. The molecule has 1 aromatic heterocycles. The fourth-order valence-corrected chi connectivity index (χ4v) is 3.88. The summed E-state index contributed by atoms with van der Waals surface area (Å²) in [6.45, 7) is 0. The number of halogens is 1. The quantitative estimate of drug-likeness (QED) is 0.914. The molecule has 0 saturated carbocycles. The highest BCUT2D eigenvalue weighted by molar-refractivity contribution is 7.91. The summed E-state index contributed by atoms with van der Waals surface area (Å²) in [4.78, 5) is 10.9. The van der Waals surface area contributed by atoms with E-state index in [2.05, 4.69) is 0 Å². The van der Waals surface area contributed by atoms with Gasteiger partial charge in [-0.25, -0.2) is 13.2 Å². The Morgan fingerprint density at radius 2 is 2.05 bits per heavy atom. The fraction of sp³-hybridized carbons (Fsp3) is 0.154. The van der Waals surface area contributed by atoms with Crippen molar-refractivity contribution in [3.63, 3.8) is 0 Å². The second-order valence-electron chi connectivity index (χ2n) is 4.15. The number of hydrogen-bond donors (Lipinski definition) is 1. The van der Waals surface area contributed by atoms with Crippen LogP contribution < -0.4 is 0 Å². The first-order chi connectivity index (χ1) is 9.40. The number of benzene rings is 1. The summed E-state index contributed by atoms with van der Waals surface area (Å²) < 4.78 is 24.4. The Labute approximate surface area is 125 Å². The molecule has 0 aliphatic carbocycles. The van der Waals surface area contributed by atoms with E-state index in [9.17, 15) is 13.2 Å².